The summed E-state index contributed by atoms with van der Waals surface area (Å²) in [5.74, 6) is -0.673. The molecule has 0 aliphatic rings. The Kier molecular flexibility index (Phi) is 6.33. The highest BCUT2D eigenvalue weighted by Gasteiger charge is 2.40. The maximum atomic E-state index is 12.8. The minimum atomic E-state index is -4.48. The normalized spacial score (nSPS) is 14.3. The molecule has 1 rings (SSSR count). The number of carbonyl (C=O) groups is 2. The van der Waals surface area contributed by atoms with Gasteiger partial charge >= 0.3 is 18.2 Å². The molecule has 0 saturated carbocycles. The van der Waals surface area contributed by atoms with Gasteiger partial charge in [-0.25, -0.2) is 4.79 Å². The van der Waals surface area contributed by atoms with Crippen molar-refractivity contribution < 1.29 is 32.2 Å². The highest BCUT2D eigenvalue weighted by Crippen LogP contribution is 2.32. The lowest BCUT2D eigenvalue weighted by Gasteiger charge is -2.33. The van der Waals surface area contributed by atoms with Crippen molar-refractivity contribution >= 4 is 12.1 Å². The van der Waals surface area contributed by atoms with Crippen molar-refractivity contribution in [3.8, 4) is 0 Å². The number of likely N-dealkylation sites (N-methyl/N-ethyl adjacent to an activating group) is 1. The first-order valence-corrected chi connectivity index (χ1v) is 7.91. The Morgan fingerprint density at radius 2 is 1.46 bits per heavy atom. The second-order valence-corrected chi connectivity index (χ2v) is 7.24. The molecule has 0 heterocycles. The van der Waals surface area contributed by atoms with Crippen molar-refractivity contribution in [2.24, 2.45) is 0 Å². The number of rotatable bonds is 4. The van der Waals surface area contributed by atoms with Crippen LogP contribution in [0, 0.1) is 0 Å². The van der Waals surface area contributed by atoms with E-state index in [4.69, 9.17) is 9.47 Å². The molecule has 146 valence electrons. The van der Waals surface area contributed by atoms with Crippen molar-refractivity contribution in [1.29, 1.82) is 0 Å². The van der Waals surface area contributed by atoms with E-state index in [0.717, 1.165) is 12.1 Å². The number of hydrogen-bond donors (Lipinski definition) is 0. The summed E-state index contributed by atoms with van der Waals surface area (Å²) in [5.41, 5.74) is -2.60. The van der Waals surface area contributed by atoms with Crippen LogP contribution in [0.1, 0.15) is 38.8 Å². The van der Waals surface area contributed by atoms with Gasteiger partial charge in [0.25, 0.3) is 0 Å². The molecule has 26 heavy (non-hydrogen) atoms. The van der Waals surface area contributed by atoms with Gasteiger partial charge in [0.15, 0.2) is 0 Å². The van der Waals surface area contributed by atoms with E-state index in [9.17, 15) is 22.8 Å². The topological polar surface area (TPSA) is 55.8 Å². The number of methoxy groups -OCH3 is 1. The molecule has 0 aliphatic carbocycles. The standard InChI is InChI=1S/C18H24F3NO4/c1-16(2,3)26-15(24)22(5)11-17(4,14(23)25-6)12-7-9-13(10-8-12)18(19,20)21/h7-10H,11H2,1-6H3. The largest absolute Gasteiger partial charge is 0.468 e. The predicted octanol–water partition coefficient (Wildman–Crippen LogP) is 4.00. The first-order valence-electron chi connectivity index (χ1n) is 7.91. The van der Waals surface area contributed by atoms with E-state index < -0.39 is 34.8 Å². The molecular formula is C18H24F3NO4. The minimum absolute atomic E-state index is 0.125. The molecule has 1 aromatic carbocycles. The van der Waals surface area contributed by atoms with Crippen LogP contribution in [0.5, 0.6) is 0 Å². The summed E-state index contributed by atoms with van der Waals surface area (Å²) in [6, 6.07) is 4.21. The SMILES string of the molecule is COC(=O)C(C)(CN(C)C(=O)OC(C)(C)C)c1ccc(C(F)(F)F)cc1. The zero-order valence-electron chi connectivity index (χ0n) is 15.7. The third-order valence-corrected chi connectivity index (χ3v) is 3.74. The fraction of sp³-hybridized carbons (Fsp3) is 0.556. The van der Waals surface area contributed by atoms with Crippen LogP contribution >= 0.6 is 0 Å². The van der Waals surface area contributed by atoms with E-state index >= 15 is 0 Å². The molecule has 5 nitrogen and oxygen atoms in total. The van der Waals surface area contributed by atoms with Crippen molar-refractivity contribution in [1.82, 2.24) is 4.90 Å². The van der Waals surface area contributed by atoms with Gasteiger partial charge in [-0.3, -0.25) is 4.79 Å². The van der Waals surface area contributed by atoms with E-state index in [2.05, 4.69) is 0 Å². The highest BCUT2D eigenvalue weighted by atomic mass is 19.4. The van der Waals surface area contributed by atoms with Crippen molar-refractivity contribution in [3.63, 3.8) is 0 Å². The molecule has 0 fully saturated rings. The van der Waals surface area contributed by atoms with Crippen molar-refractivity contribution in [3.05, 3.63) is 35.4 Å². The third-order valence-electron chi connectivity index (χ3n) is 3.74. The Labute approximate surface area is 151 Å². The molecule has 1 aromatic rings. The molecule has 0 bridgehead atoms. The zero-order valence-corrected chi connectivity index (χ0v) is 15.7. The smallest absolute Gasteiger partial charge is 0.416 e. The maximum absolute atomic E-state index is 12.8. The quantitative estimate of drug-likeness (QED) is 0.747. The molecule has 0 spiro atoms. The van der Waals surface area contributed by atoms with Gasteiger partial charge in [0.05, 0.1) is 12.7 Å². The summed E-state index contributed by atoms with van der Waals surface area (Å²) < 4.78 is 48.3. The Morgan fingerprint density at radius 3 is 1.85 bits per heavy atom. The highest BCUT2D eigenvalue weighted by molar-refractivity contribution is 5.84. The number of ether oxygens (including phenoxy) is 2. The van der Waals surface area contributed by atoms with Gasteiger partial charge < -0.3 is 14.4 Å². The first-order chi connectivity index (χ1) is 11.7. The molecule has 0 aromatic heterocycles. The summed E-state index contributed by atoms with van der Waals surface area (Å²) in [4.78, 5) is 25.7. The number of amides is 1. The molecule has 8 heteroatoms. The van der Waals surface area contributed by atoms with Crippen LogP contribution in [0.3, 0.4) is 0 Å². The number of carbonyl (C=O) groups excluding carboxylic acids is 2. The average molecular weight is 375 g/mol. The molecule has 0 aliphatic heterocycles. The van der Waals surface area contributed by atoms with Crippen LogP contribution in [0.15, 0.2) is 24.3 Å². The summed E-state index contributed by atoms with van der Waals surface area (Å²) in [6.07, 6.45) is -5.13. The lowest BCUT2D eigenvalue weighted by Crippen LogP contribution is -2.47. The van der Waals surface area contributed by atoms with Gasteiger partial charge in [-0.1, -0.05) is 12.1 Å². The average Bonchev–Trinajstić information content (AvgIpc) is 2.51. The predicted molar refractivity (Wildman–Crippen MR) is 89.7 cm³/mol. The number of alkyl halides is 3. The number of esters is 1. The Balaban J connectivity index is 3.15. The lowest BCUT2D eigenvalue weighted by molar-refractivity contribution is -0.147. The molecule has 1 amide bonds. The molecular weight excluding hydrogens is 351 g/mol. The van der Waals surface area contributed by atoms with Crippen molar-refractivity contribution in [2.75, 3.05) is 20.7 Å². The Bertz CT molecular complexity index is 650. The first kappa shape index (κ1) is 21.8. The van der Waals surface area contributed by atoms with Crippen LogP contribution in [0.25, 0.3) is 0 Å². The molecule has 1 unspecified atom stereocenters. The monoisotopic (exact) mass is 375 g/mol. The van der Waals surface area contributed by atoms with E-state index in [1.54, 1.807) is 20.8 Å². The fourth-order valence-electron chi connectivity index (χ4n) is 2.40. The van der Waals surface area contributed by atoms with Crippen LogP contribution in [0.2, 0.25) is 0 Å². The van der Waals surface area contributed by atoms with Gasteiger partial charge in [0.1, 0.15) is 11.0 Å². The summed E-state index contributed by atoms with van der Waals surface area (Å²) >= 11 is 0. The van der Waals surface area contributed by atoms with E-state index in [1.807, 2.05) is 0 Å². The molecule has 0 saturated heterocycles. The van der Waals surface area contributed by atoms with E-state index in [1.165, 1.54) is 38.1 Å². The Hall–Kier alpha value is -2.25. The number of halogens is 3. The van der Waals surface area contributed by atoms with E-state index in [0.29, 0.717) is 5.56 Å². The lowest BCUT2D eigenvalue weighted by atomic mass is 9.81. The summed E-state index contributed by atoms with van der Waals surface area (Å²) in [6.45, 7) is 6.48. The van der Waals surface area contributed by atoms with Crippen LogP contribution in [-0.4, -0.2) is 43.3 Å². The van der Waals surface area contributed by atoms with Crippen LogP contribution in [-0.2, 0) is 25.9 Å². The summed E-state index contributed by atoms with van der Waals surface area (Å²) in [5, 5.41) is 0. The summed E-state index contributed by atoms with van der Waals surface area (Å²) in [7, 11) is 2.62. The number of nitrogens with zero attached hydrogens (tertiary/aromatic N) is 1. The van der Waals surface area contributed by atoms with Gasteiger partial charge in [0.2, 0.25) is 0 Å². The minimum Gasteiger partial charge on any atom is -0.468 e. The number of hydrogen-bond acceptors (Lipinski definition) is 4. The molecule has 1 atom stereocenters. The molecule has 0 radical (unpaired) electrons. The molecule has 0 N–H and O–H groups in total. The van der Waals surface area contributed by atoms with Crippen LogP contribution in [0.4, 0.5) is 18.0 Å². The van der Waals surface area contributed by atoms with Gasteiger partial charge in [-0.2, -0.15) is 13.2 Å². The van der Waals surface area contributed by atoms with Crippen LogP contribution < -0.4 is 0 Å². The van der Waals surface area contributed by atoms with Gasteiger partial charge in [-0.05, 0) is 45.4 Å². The zero-order chi connectivity index (χ0) is 20.3. The second-order valence-electron chi connectivity index (χ2n) is 7.24. The van der Waals surface area contributed by atoms with Gasteiger partial charge in [-0.15, -0.1) is 0 Å². The van der Waals surface area contributed by atoms with E-state index in [-0.39, 0.29) is 6.54 Å². The number of benzene rings is 1. The van der Waals surface area contributed by atoms with Gasteiger partial charge in [0, 0.05) is 13.6 Å². The van der Waals surface area contributed by atoms with Crippen molar-refractivity contribution in [2.45, 2.75) is 44.9 Å². The fourth-order valence-corrected chi connectivity index (χ4v) is 2.40. The third kappa shape index (κ3) is 5.37. The second kappa shape index (κ2) is 7.55. The Morgan fingerprint density at radius 1 is 1.00 bits per heavy atom. The maximum Gasteiger partial charge on any atom is 0.416 e.